The first-order valence-corrected chi connectivity index (χ1v) is 11.8. The highest BCUT2D eigenvalue weighted by Gasteiger charge is 2.17. The number of rotatable bonds is 7. The van der Waals surface area contributed by atoms with Gasteiger partial charge in [-0.25, -0.2) is 4.98 Å². The van der Waals surface area contributed by atoms with Crippen molar-refractivity contribution in [3.05, 3.63) is 90.1 Å². The molecule has 5 rings (SSSR count). The van der Waals surface area contributed by atoms with E-state index in [0.717, 1.165) is 44.8 Å². The zero-order valence-corrected chi connectivity index (χ0v) is 19.9. The Morgan fingerprint density at radius 2 is 1.76 bits per heavy atom. The maximum absolute atomic E-state index is 5.79. The van der Waals surface area contributed by atoms with Gasteiger partial charge in [0.05, 0.1) is 12.8 Å². The predicted molar refractivity (Wildman–Crippen MR) is 132 cm³/mol. The Labute approximate surface area is 201 Å². The molecule has 0 bridgehead atoms. The third kappa shape index (κ3) is 4.45. The molecule has 0 fully saturated rings. The van der Waals surface area contributed by atoms with Crippen LogP contribution in [-0.4, -0.2) is 31.8 Å². The summed E-state index contributed by atoms with van der Waals surface area (Å²) in [5, 5.41) is 9.72. The van der Waals surface area contributed by atoms with E-state index in [1.807, 2.05) is 41.0 Å². The van der Waals surface area contributed by atoms with E-state index in [1.54, 1.807) is 37.5 Å². The molecule has 7 nitrogen and oxygen atoms in total. The Kier molecular flexibility index (Phi) is 6.14. The Hall–Kier alpha value is -3.91. The van der Waals surface area contributed by atoms with Crippen LogP contribution in [0.1, 0.15) is 16.8 Å². The van der Waals surface area contributed by atoms with Crippen molar-refractivity contribution < 1.29 is 9.15 Å². The highest BCUT2D eigenvalue weighted by molar-refractivity contribution is 7.98. The van der Waals surface area contributed by atoms with Gasteiger partial charge in [-0.2, -0.15) is 0 Å². The SMILES string of the molecule is COc1ccc(-n2c(SCc3coc(-c4ccc(C)cc4C)n3)nnc2-c2ccncc2)cc1. The van der Waals surface area contributed by atoms with Crippen molar-refractivity contribution in [2.45, 2.75) is 24.8 Å². The van der Waals surface area contributed by atoms with Gasteiger partial charge in [0.15, 0.2) is 11.0 Å². The van der Waals surface area contributed by atoms with Crippen LogP contribution in [-0.2, 0) is 5.75 Å². The van der Waals surface area contributed by atoms with E-state index in [0.29, 0.717) is 11.6 Å². The van der Waals surface area contributed by atoms with E-state index in [4.69, 9.17) is 14.1 Å². The second kappa shape index (κ2) is 9.52. The molecule has 0 aliphatic heterocycles. The van der Waals surface area contributed by atoms with E-state index in [9.17, 15) is 0 Å². The van der Waals surface area contributed by atoms with Crippen LogP contribution in [0.15, 0.2) is 82.8 Å². The number of oxazole rings is 1. The Bertz CT molecular complexity index is 1410. The van der Waals surface area contributed by atoms with Crippen molar-refractivity contribution in [2.24, 2.45) is 0 Å². The Morgan fingerprint density at radius 3 is 2.50 bits per heavy atom. The largest absolute Gasteiger partial charge is 0.497 e. The van der Waals surface area contributed by atoms with E-state index in [1.165, 1.54) is 5.56 Å². The number of thioether (sulfide) groups is 1. The van der Waals surface area contributed by atoms with E-state index in [-0.39, 0.29) is 0 Å². The fraction of sp³-hybridized carbons (Fsp3) is 0.154. The summed E-state index contributed by atoms with van der Waals surface area (Å²) in [4.78, 5) is 8.83. The summed E-state index contributed by atoms with van der Waals surface area (Å²) >= 11 is 1.56. The molecule has 2 aromatic carbocycles. The standard InChI is InChI=1S/C26H23N5O2S/c1-17-4-9-23(18(2)14-17)25-28-20(15-33-25)16-34-26-30-29-24(19-10-12-27-13-11-19)31(26)21-5-7-22(32-3)8-6-21/h4-15H,16H2,1-3H3. The molecule has 8 heteroatoms. The molecular formula is C26H23N5O2S. The van der Waals surface area contributed by atoms with E-state index in [2.05, 4.69) is 47.2 Å². The molecule has 3 heterocycles. The summed E-state index contributed by atoms with van der Waals surface area (Å²) in [5.74, 6) is 2.75. The lowest BCUT2D eigenvalue weighted by Gasteiger charge is -2.10. The van der Waals surface area contributed by atoms with Gasteiger partial charge >= 0.3 is 0 Å². The summed E-state index contributed by atoms with van der Waals surface area (Å²) in [6, 6.07) is 17.9. The molecule has 170 valence electrons. The number of pyridine rings is 1. The van der Waals surface area contributed by atoms with Crippen LogP contribution in [0.2, 0.25) is 0 Å². The summed E-state index contributed by atoms with van der Waals surface area (Å²) in [7, 11) is 1.65. The zero-order chi connectivity index (χ0) is 23.5. The second-order valence-electron chi connectivity index (χ2n) is 7.83. The molecule has 3 aromatic heterocycles. The van der Waals surface area contributed by atoms with Gasteiger partial charge in [0.1, 0.15) is 12.0 Å². The molecule has 0 spiro atoms. The minimum Gasteiger partial charge on any atom is -0.497 e. The Balaban J connectivity index is 1.44. The minimum absolute atomic E-state index is 0.596. The van der Waals surface area contributed by atoms with Gasteiger partial charge in [-0.15, -0.1) is 10.2 Å². The molecule has 0 atom stereocenters. The molecule has 0 N–H and O–H groups in total. The van der Waals surface area contributed by atoms with Crippen LogP contribution in [0.25, 0.3) is 28.5 Å². The summed E-state index contributed by atoms with van der Waals surface area (Å²) in [6.45, 7) is 4.15. The molecule has 0 aliphatic rings. The number of aromatic nitrogens is 5. The van der Waals surface area contributed by atoms with Gasteiger partial charge in [-0.1, -0.05) is 29.5 Å². The fourth-order valence-corrected chi connectivity index (χ4v) is 4.53. The first-order chi connectivity index (χ1) is 16.6. The number of ether oxygens (including phenoxy) is 1. The normalized spacial score (nSPS) is 11.0. The van der Waals surface area contributed by atoms with Crippen molar-refractivity contribution in [3.63, 3.8) is 0 Å². The van der Waals surface area contributed by atoms with Crippen LogP contribution >= 0.6 is 11.8 Å². The molecule has 0 aliphatic carbocycles. The van der Waals surface area contributed by atoms with Gasteiger partial charge in [0, 0.05) is 35.0 Å². The number of hydrogen-bond acceptors (Lipinski definition) is 7. The van der Waals surface area contributed by atoms with Crippen LogP contribution in [0.5, 0.6) is 5.75 Å². The lowest BCUT2D eigenvalue weighted by atomic mass is 10.1. The topological polar surface area (TPSA) is 78.9 Å². The fourth-order valence-electron chi connectivity index (χ4n) is 3.70. The average molecular weight is 470 g/mol. The third-order valence-electron chi connectivity index (χ3n) is 5.42. The molecule has 5 aromatic rings. The summed E-state index contributed by atoms with van der Waals surface area (Å²) < 4.78 is 13.1. The van der Waals surface area contributed by atoms with Crippen molar-refractivity contribution in [3.8, 4) is 34.3 Å². The molecule has 0 unspecified atom stereocenters. The van der Waals surface area contributed by atoms with E-state index >= 15 is 0 Å². The molecular weight excluding hydrogens is 446 g/mol. The number of methoxy groups -OCH3 is 1. The van der Waals surface area contributed by atoms with Crippen LogP contribution in [0.3, 0.4) is 0 Å². The van der Waals surface area contributed by atoms with Gasteiger partial charge in [-0.05, 0) is 61.9 Å². The number of aryl methyl sites for hydroxylation is 2. The first-order valence-electron chi connectivity index (χ1n) is 10.8. The van der Waals surface area contributed by atoms with Gasteiger partial charge in [0.2, 0.25) is 5.89 Å². The third-order valence-corrected chi connectivity index (χ3v) is 6.38. The van der Waals surface area contributed by atoms with Crippen molar-refractivity contribution in [2.75, 3.05) is 7.11 Å². The lowest BCUT2D eigenvalue weighted by Crippen LogP contribution is -2.00. The van der Waals surface area contributed by atoms with Crippen molar-refractivity contribution >= 4 is 11.8 Å². The molecule has 0 radical (unpaired) electrons. The summed E-state index contributed by atoms with van der Waals surface area (Å²) in [5.41, 5.74) is 6.08. The zero-order valence-electron chi connectivity index (χ0n) is 19.1. The second-order valence-corrected chi connectivity index (χ2v) is 8.77. The van der Waals surface area contributed by atoms with Crippen LogP contribution in [0, 0.1) is 13.8 Å². The van der Waals surface area contributed by atoms with Gasteiger partial charge in [-0.3, -0.25) is 9.55 Å². The quantitative estimate of drug-likeness (QED) is 0.275. The minimum atomic E-state index is 0.596. The first kappa shape index (κ1) is 21.9. The number of benzene rings is 2. The highest BCUT2D eigenvalue weighted by Crippen LogP contribution is 2.31. The summed E-state index contributed by atoms with van der Waals surface area (Å²) in [6.07, 6.45) is 5.21. The highest BCUT2D eigenvalue weighted by atomic mass is 32.2. The molecule has 34 heavy (non-hydrogen) atoms. The maximum atomic E-state index is 5.79. The predicted octanol–water partition coefficient (Wildman–Crippen LogP) is 5.90. The van der Waals surface area contributed by atoms with Gasteiger partial charge in [0.25, 0.3) is 0 Å². The van der Waals surface area contributed by atoms with E-state index < -0.39 is 0 Å². The number of nitrogens with zero attached hydrogens (tertiary/aromatic N) is 5. The smallest absolute Gasteiger partial charge is 0.226 e. The van der Waals surface area contributed by atoms with Crippen LogP contribution in [0.4, 0.5) is 0 Å². The maximum Gasteiger partial charge on any atom is 0.226 e. The van der Waals surface area contributed by atoms with Crippen molar-refractivity contribution in [1.29, 1.82) is 0 Å². The van der Waals surface area contributed by atoms with Crippen LogP contribution < -0.4 is 4.74 Å². The lowest BCUT2D eigenvalue weighted by molar-refractivity contribution is 0.414. The van der Waals surface area contributed by atoms with Crippen molar-refractivity contribution in [1.82, 2.24) is 24.7 Å². The average Bonchev–Trinajstić information content (AvgIpc) is 3.50. The molecule has 0 saturated heterocycles. The molecule has 0 saturated carbocycles. The monoisotopic (exact) mass is 469 g/mol. The number of hydrogen-bond donors (Lipinski definition) is 0. The Morgan fingerprint density at radius 1 is 0.971 bits per heavy atom. The molecule has 0 amide bonds. The van der Waals surface area contributed by atoms with Gasteiger partial charge < -0.3 is 9.15 Å².